The number of amides is 2. The van der Waals surface area contributed by atoms with Crippen molar-refractivity contribution in [2.45, 2.75) is 31.6 Å². The second-order valence-electron chi connectivity index (χ2n) is 5.20. The molecular weight excluding hydrogens is 260 g/mol. The molecule has 1 aliphatic heterocycles. The second-order valence-corrected chi connectivity index (χ2v) is 5.20. The predicted octanol–water partition coefficient (Wildman–Crippen LogP) is 0.110. The van der Waals surface area contributed by atoms with Gasteiger partial charge >= 0.3 is 0 Å². The average Bonchev–Trinajstić information content (AvgIpc) is 3.10. The van der Waals surface area contributed by atoms with Gasteiger partial charge in [-0.2, -0.15) is 5.10 Å². The summed E-state index contributed by atoms with van der Waals surface area (Å²) in [5.41, 5.74) is 4.46. The summed E-state index contributed by atoms with van der Waals surface area (Å²) in [5.74, 6) is -0.195. The SMILES string of the molecule is O=C(NOCCN1CCCC1=O)C1CCc2cn[nH]c21. The first-order chi connectivity index (χ1) is 9.75. The standard InChI is InChI=1S/C13H18N4O3/c18-11-2-1-5-17(11)6-7-20-16-13(19)10-4-3-9-8-14-15-12(9)10/h8,10H,1-7H2,(H,14,15)(H,16,19). The van der Waals surface area contributed by atoms with Crippen LogP contribution in [0.2, 0.25) is 0 Å². The van der Waals surface area contributed by atoms with Crippen LogP contribution in [0.4, 0.5) is 0 Å². The summed E-state index contributed by atoms with van der Waals surface area (Å²) in [6.07, 6.45) is 4.95. The molecule has 3 rings (SSSR count). The molecule has 1 atom stereocenters. The van der Waals surface area contributed by atoms with Gasteiger partial charge in [0.25, 0.3) is 5.91 Å². The van der Waals surface area contributed by atoms with Gasteiger partial charge in [0, 0.05) is 19.5 Å². The number of aromatic amines is 1. The van der Waals surface area contributed by atoms with Gasteiger partial charge in [-0.1, -0.05) is 0 Å². The Hall–Kier alpha value is -1.89. The summed E-state index contributed by atoms with van der Waals surface area (Å²) in [5, 5.41) is 6.81. The Balaban J connectivity index is 1.41. The number of rotatable bonds is 5. The number of aryl methyl sites for hydroxylation is 1. The Bertz CT molecular complexity index is 513. The zero-order valence-corrected chi connectivity index (χ0v) is 11.2. The van der Waals surface area contributed by atoms with E-state index >= 15 is 0 Å². The molecule has 0 bridgehead atoms. The minimum Gasteiger partial charge on any atom is -0.340 e. The lowest BCUT2D eigenvalue weighted by molar-refractivity contribution is -0.136. The van der Waals surface area contributed by atoms with Gasteiger partial charge in [-0.25, -0.2) is 5.48 Å². The number of aromatic nitrogens is 2. The van der Waals surface area contributed by atoms with Crippen LogP contribution in [0.15, 0.2) is 6.20 Å². The van der Waals surface area contributed by atoms with Crippen LogP contribution >= 0.6 is 0 Å². The highest BCUT2D eigenvalue weighted by atomic mass is 16.7. The fourth-order valence-electron chi connectivity index (χ4n) is 2.82. The van der Waals surface area contributed by atoms with Crippen molar-refractivity contribution < 1.29 is 14.4 Å². The van der Waals surface area contributed by atoms with Crippen molar-refractivity contribution in [2.24, 2.45) is 0 Å². The molecule has 0 aromatic carbocycles. The van der Waals surface area contributed by atoms with Gasteiger partial charge in [-0.05, 0) is 24.8 Å². The van der Waals surface area contributed by atoms with Gasteiger partial charge in [-0.3, -0.25) is 19.5 Å². The van der Waals surface area contributed by atoms with Crippen LogP contribution in [0.25, 0.3) is 0 Å². The average molecular weight is 278 g/mol. The molecule has 1 saturated heterocycles. The molecule has 2 N–H and O–H groups in total. The number of hydrogen-bond donors (Lipinski definition) is 2. The molecule has 7 nitrogen and oxygen atoms in total. The summed E-state index contributed by atoms with van der Waals surface area (Å²) in [4.78, 5) is 30.3. The van der Waals surface area contributed by atoms with E-state index in [4.69, 9.17) is 4.84 Å². The van der Waals surface area contributed by atoms with Gasteiger partial charge < -0.3 is 4.90 Å². The maximum atomic E-state index is 12.0. The predicted molar refractivity (Wildman–Crippen MR) is 69.6 cm³/mol. The van der Waals surface area contributed by atoms with Crippen LogP contribution in [0, 0.1) is 0 Å². The van der Waals surface area contributed by atoms with Crippen molar-refractivity contribution in [1.29, 1.82) is 0 Å². The summed E-state index contributed by atoms with van der Waals surface area (Å²) >= 11 is 0. The molecule has 1 aliphatic carbocycles. The van der Waals surface area contributed by atoms with E-state index in [1.165, 1.54) is 0 Å². The van der Waals surface area contributed by atoms with Crippen LogP contribution in [0.3, 0.4) is 0 Å². The molecule has 2 amide bonds. The number of H-pyrrole nitrogens is 1. The number of likely N-dealkylation sites (tertiary alicyclic amines) is 1. The molecule has 7 heteroatoms. The number of nitrogens with zero attached hydrogens (tertiary/aromatic N) is 2. The highest BCUT2D eigenvalue weighted by Gasteiger charge is 2.30. The fraction of sp³-hybridized carbons (Fsp3) is 0.615. The molecule has 0 saturated carbocycles. The molecule has 1 aromatic heterocycles. The van der Waals surface area contributed by atoms with Crippen molar-refractivity contribution in [2.75, 3.05) is 19.7 Å². The lowest BCUT2D eigenvalue weighted by atomic mass is 10.1. The molecule has 1 aromatic rings. The first-order valence-electron chi connectivity index (χ1n) is 6.97. The maximum absolute atomic E-state index is 12.0. The van der Waals surface area contributed by atoms with E-state index < -0.39 is 0 Å². The van der Waals surface area contributed by atoms with Crippen molar-refractivity contribution in [3.05, 3.63) is 17.5 Å². The van der Waals surface area contributed by atoms with Crippen LogP contribution in [-0.2, 0) is 20.8 Å². The number of nitrogens with one attached hydrogen (secondary N) is 2. The lowest BCUT2D eigenvalue weighted by Gasteiger charge is -2.16. The molecule has 1 unspecified atom stereocenters. The minimum atomic E-state index is -0.207. The third-order valence-corrected chi connectivity index (χ3v) is 3.93. The smallest absolute Gasteiger partial charge is 0.252 e. The number of hydroxylamine groups is 1. The number of fused-ring (bicyclic) bond motifs is 1. The van der Waals surface area contributed by atoms with E-state index in [9.17, 15) is 9.59 Å². The third-order valence-electron chi connectivity index (χ3n) is 3.93. The van der Waals surface area contributed by atoms with Gasteiger partial charge in [0.1, 0.15) is 0 Å². The van der Waals surface area contributed by atoms with Crippen molar-refractivity contribution in [1.82, 2.24) is 20.6 Å². The Labute approximate surface area is 116 Å². The van der Waals surface area contributed by atoms with Crippen LogP contribution in [0.5, 0.6) is 0 Å². The van der Waals surface area contributed by atoms with Crippen LogP contribution < -0.4 is 5.48 Å². The molecule has 0 radical (unpaired) electrons. The summed E-state index contributed by atoms with van der Waals surface area (Å²) in [6, 6.07) is 0. The van der Waals surface area contributed by atoms with E-state index in [1.54, 1.807) is 11.1 Å². The van der Waals surface area contributed by atoms with E-state index in [-0.39, 0.29) is 17.7 Å². The van der Waals surface area contributed by atoms with Gasteiger partial charge in [0.2, 0.25) is 5.91 Å². The zero-order valence-electron chi connectivity index (χ0n) is 11.2. The lowest BCUT2D eigenvalue weighted by Crippen LogP contribution is -2.34. The number of carbonyl (C=O) groups is 2. The zero-order chi connectivity index (χ0) is 13.9. The molecule has 2 aliphatic rings. The maximum Gasteiger partial charge on any atom is 0.252 e. The molecule has 0 spiro atoms. The molecular formula is C13H18N4O3. The molecule has 20 heavy (non-hydrogen) atoms. The Morgan fingerprint density at radius 1 is 1.55 bits per heavy atom. The molecule has 108 valence electrons. The first-order valence-corrected chi connectivity index (χ1v) is 6.97. The van der Waals surface area contributed by atoms with Crippen molar-refractivity contribution in [3.63, 3.8) is 0 Å². The highest BCUT2D eigenvalue weighted by Crippen LogP contribution is 2.30. The van der Waals surface area contributed by atoms with E-state index in [2.05, 4.69) is 15.7 Å². The largest absolute Gasteiger partial charge is 0.340 e. The summed E-state index contributed by atoms with van der Waals surface area (Å²) in [7, 11) is 0. The van der Waals surface area contributed by atoms with Crippen LogP contribution in [0.1, 0.15) is 36.4 Å². The highest BCUT2D eigenvalue weighted by molar-refractivity contribution is 5.83. The van der Waals surface area contributed by atoms with Gasteiger partial charge in [0.15, 0.2) is 0 Å². The third kappa shape index (κ3) is 2.53. The molecule has 1 fully saturated rings. The van der Waals surface area contributed by atoms with Gasteiger partial charge in [-0.15, -0.1) is 0 Å². The van der Waals surface area contributed by atoms with Gasteiger partial charge in [0.05, 0.1) is 24.4 Å². The molecule has 2 heterocycles. The van der Waals surface area contributed by atoms with E-state index in [0.717, 1.165) is 37.1 Å². The summed E-state index contributed by atoms with van der Waals surface area (Å²) in [6.45, 7) is 1.63. The van der Waals surface area contributed by atoms with E-state index in [0.29, 0.717) is 19.6 Å². The first kappa shape index (κ1) is 13.1. The second kappa shape index (κ2) is 5.62. The Kier molecular flexibility index (Phi) is 3.68. The topological polar surface area (TPSA) is 87.3 Å². The normalized spacial score (nSPS) is 21.3. The Morgan fingerprint density at radius 3 is 3.25 bits per heavy atom. The monoisotopic (exact) mass is 278 g/mol. The van der Waals surface area contributed by atoms with Crippen LogP contribution in [-0.4, -0.2) is 46.6 Å². The Morgan fingerprint density at radius 2 is 2.45 bits per heavy atom. The minimum absolute atomic E-state index is 0.152. The summed E-state index contributed by atoms with van der Waals surface area (Å²) < 4.78 is 0. The van der Waals surface area contributed by atoms with Crippen molar-refractivity contribution in [3.8, 4) is 0 Å². The number of hydrogen-bond acceptors (Lipinski definition) is 4. The van der Waals surface area contributed by atoms with E-state index in [1.807, 2.05) is 0 Å². The quantitative estimate of drug-likeness (QED) is 0.591. The van der Waals surface area contributed by atoms with Crippen molar-refractivity contribution >= 4 is 11.8 Å². The fourth-order valence-corrected chi connectivity index (χ4v) is 2.82. The number of carbonyl (C=O) groups excluding carboxylic acids is 2.